The van der Waals surface area contributed by atoms with Gasteiger partial charge < -0.3 is 10.1 Å². The van der Waals surface area contributed by atoms with E-state index in [0.29, 0.717) is 38.8 Å². The Bertz CT molecular complexity index is 1440. The Hall–Kier alpha value is -3.36. The number of anilines is 1. The lowest BCUT2D eigenvalue weighted by Crippen LogP contribution is -2.40. The number of benzene rings is 2. The molecule has 2 aromatic heterocycles. The van der Waals surface area contributed by atoms with Gasteiger partial charge in [0.05, 0.1) is 18.2 Å². The summed E-state index contributed by atoms with van der Waals surface area (Å²) in [5, 5.41) is 3.57. The molecule has 0 bridgehead atoms. The molecule has 9 heteroatoms. The van der Waals surface area contributed by atoms with Gasteiger partial charge in [-0.3, -0.25) is 14.2 Å². The Labute approximate surface area is 192 Å². The summed E-state index contributed by atoms with van der Waals surface area (Å²) < 4.78 is 7.57. The number of aryl methyl sites for hydroxylation is 1. The van der Waals surface area contributed by atoms with Crippen LogP contribution in [0.5, 0.6) is 5.75 Å². The summed E-state index contributed by atoms with van der Waals surface area (Å²) in [7, 11) is 1.54. The number of ether oxygens (including phenoxy) is 1. The molecule has 0 aliphatic carbocycles. The highest BCUT2D eigenvalue weighted by molar-refractivity contribution is 7.18. The molecule has 0 saturated carbocycles. The lowest BCUT2D eigenvalue weighted by Gasteiger charge is -2.13. The number of thiophene rings is 1. The van der Waals surface area contributed by atoms with Crippen LogP contribution in [0.4, 0.5) is 5.69 Å². The van der Waals surface area contributed by atoms with Crippen LogP contribution < -0.4 is 21.3 Å². The number of aromatic nitrogens is 2. The van der Waals surface area contributed by atoms with Gasteiger partial charge in [0, 0.05) is 21.7 Å². The summed E-state index contributed by atoms with van der Waals surface area (Å²) in [5.74, 6) is 0.201. The molecule has 4 aromatic rings. The first-order chi connectivity index (χ1) is 15.4. The molecule has 0 fully saturated rings. The molecule has 164 valence electrons. The molecule has 4 rings (SSSR count). The Morgan fingerprint density at radius 2 is 1.91 bits per heavy atom. The topological polar surface area (TPSA) is 82.3 Å². The Balaban J connectivity index is 1.82. The number of nitrogens with one attached hydrogen (secondary N) is 1. The lowest BCUT2D eigenvalue weighted by atomic mass is 10.3. The first-order valence-electron chi connectivity index (χ1n) is 9.89. The SMILES string of the molecule is CCc1cc2c(=O)n(-c3cccc(Cl)c3)c(=O)n(CC(=O)Nc3cccc(OC)c3)c2s1. The van der Waals surface area contributed by atoms with Crippen LogP contribution in [0.3, 0.4) is 0 Å². The van der Waals surface area contributed by atoms with Crippen LogP contribution in [0.1, 0.15) is 11.8 Å². The van der Waals surface area contributed by atoms with E-state index in [1.165, 1.54) is 15.9 Å². The van der Waals surface area contributed by atoms with Crippen molar-refractivity contribution in [1.29, 1.82) is 0 Å². The molecule has 7 nitrogen and oxygen atoms in total. The van der Waals surface area contributed by atoms with Crippen LogP contribution in [-0.4, -0.2) is 22.2 Å². The summed E-state index contributed by atoms with van der Waals surface area (Å²) in [6, 6.07) is 15.2. The maximum atomic E-state index is 13.4. The number of hydrogen-bond acceptors (Lipinski definition) is 5. The summed E-state index contributed by atoms with van der Waals surface area (Å²) in [6.45, 7) is 1.72. The summed E-state index contributed by atoms with van der Waals surface area (Å²) in [5.41, 5.74) is -0.148. The van der Waals surface area contributed by atoms with E-state index in [1.54, 1.807) is 61.7 Å². The fourth-order valence-electron chi connectivity index (χ4n) is 3.40. The van der Waals surface area contributed by atoms with Crippen LogP contribution in [0.2, 0.25) is 5.02 Å². The van der Waals surface area contributed by atoms with Crippen molar-refractivity contribution in [1.82, 2.24) is 9.13 Å². The van der Waals surface area contributed by atoms with Crippen molar-refractivity contribution in [2.24, 2.45) is 0 Å². The average Bonchev–Trinajstić information content (AvgIpc) is 3.22. The predicted molar refractivity (Wildman–Crippen MR) is 128 cm³/mol. The molecule has 1 amide bonds. The second-order valence-corrected chi connectivity index (χ2v) is 8.61. The molecular formula is C23H20ClN3O4S. The van der Waals surface area contributed by atoms with Crippen molar-refractivity contribution in [2.75, 3.05) is 12.4 Å². The molecule has 0 aliphatic heterocycles. The largest absolute Gasteiger partial charge is 0.497 e. The van der Waals surface area contributed by atoms with E-state index < -0.39 is 17.2 Å². The van der Waals surface area contributed by atoms with Crippen LogP contribution in [0, 0.1) is 0 Å². The molecule has 32 heavy (non-hydrogen) atoms. The summed E-state index contributed by atoms with van der Waals surface area (Å²) in [6.07, 6.45) is 0.708. The van der Waals surface area contributed by atoms with Gasteiger partial charge >= 0.3 is 5.69 Å². The maximum Gasteiger partial charge on any atom is 0.337 e. The highest BCUT2D eigenvalue weighted by Gasteiger charge is 2.19. The van der Waals surface area contributed by atoms with Crippen LogP contribution >= 0.6 is 22.9 Å². The fourth-order valence-corrected chi connectivity index (χ4v) is 4.66. The standard InChI is InChI=1S/C23H20ClN3O4S/c1-3-18-12-19-21(29)27(16-8-4-6-14(24)10-16)23(30)26(22(19)32-18)13-20(28)25-15-7-5-9-17(11-15)31-2/h4-12H,3,13H2,1-2H3,(H,25,28). The zero-order valence-corrected chi connectivity index (χ0v) is 19.0. The number of fused-ring (bicyclic) bond motifs is 1. The molecule has 0 atom stereocenters. The smallest absolute Gasteiger partial charge is 0.337 e. The van der Waals surface area contributed by atoms with E-state index >= 15 is 0 Å². The molecule has 0 unspecified atom stereocenters. The van der Waals surface area contributed by atoms with E-state index in [1.807, 2.05) is 6.92 Å². The second-order valence-electron chi connectivity index (χ2n) is 7.05. The number of halogens is 1. The van der Waals surface area contributed by atoms with Gasteiger partial charge in [-0.15, -0.1) is 11.3 Å². The molecule has 0 spiro atoms. The Morgan fingerprint density at radius 3 is 2.62 bits per heavy atom. The number of carbonyl (C=O) groups excluding carboxylic acids is 1. The van der Waals surface area contributed by atoms with Crippen molar-refractivity contribution in [3.8, 4) is 11.4 Å². The molecule has 0 saturated heterocycles. The van der Waals surface area contributed by atoms with Crippen molar-refractivity contribution in [3.05, 3.63) is 85.3 Å². The molecule has 0 aliphatic rings. The van der Waals surface area contributed by atoms with E-state index in [4.69, 9.17) is 16.3 Å². The minimum Gasteiger partial charge on any atom is -0.497 e. The molecular weight excluding hydrogens is 450 g/mol. The molecule has 2 aromatic carbocycles. The number of nitrogens with zero attached hydrogens (tertiary/aromatic N) is 2. The zero-order chi connectivity index (χ0) is 22.8. The summed E-state index contributed by atoms with van der Waals surface area (Å²) >= 11 is 7.42. The van der Waals surface area contributed by atoms with E-state index in [9.17, 15) is 14.4 Å². The number of carbonyl (C=O) groups is 1. The van der Waals surface area contributed by atoms with Crippen LogP contribution in [-0.2, 0) is 17.8 Å². The highest BCUT2D eigenvalue weighted by Crippen LogP contribution is 2.24. The highest BCUT2D eigenvalue weighted by atomic mass is 35.5. The first-order valence-corrected chi connectivity index (χ1v) is 11.1. The van der Waals surface area contributed by atoms with E-state index in [-0.39, 0.29) is 6.54 Å². The van der Waals surface area contributed by atoms with Gasteiger partial charge in [0.15, 0.2) is 0 Å². The fraction of sp³-hybridized carbons (Fsp3) is 0.174. The monoisotopic (exact) mass is 469 g/mol. The van der Waals surface area contributed by atoms with Gasteiger partial charge in [0.25, 0.3) is 5.56 Å². The average molecular weight is 470 g/mol. The third kappa shape index (κ3) is 4.19. The van der Waals surface area contributed by atoms with Crippen molar-refractivity contribution in [2.45, 2.75) is 19.9 Å². The third-order valence-electron chi connectivity index (χ3n) is 4.93. The van der Waals surface area contributed by atoms with Crippen molar-refractivity contribution < 1.29 is 9.53 Å². The Kier molecular flexibility index (Phi) is 6.16. The third-order valence-corrected chi connectivity index (χ3v) is 6.47. The van der Waals surface area contributed by atoms with Crippen molar-refractivity contribution >= 4 is 44.7 Å². The van der Waals surface area contributed by atoms with Gasteiger partial charge in [-0.1, -0.05) is 30.7 Å². The number of amides is 1. The van der Waals surface area contributed by atoms with E-state index in [2.05, 4.69) is 5.32 Å². The predicted octanol–water partition coefficient (Wildman–Crippen LogP) is 4.08. The van der Waals surface area contributed by atoms with Gasteiger partial charge in [0.2, 0.25) is 5.91 Å². The van der Waals surface area contributed by atoms with Gasteiger partial charge in [-0.05, 0) is 42.8 Å². The van der Waals surface area contributed by atoms with E-state index in [0.717, 1.165) is 9.44 Å². The zero-order valence-electron chi connectivity index (χ0n) is 17.4. The normalized spacial score (nSPS) is 11.0. The molecule has 2 heterocycles. The number of hydrogen-bond donors (Lipinski definition) is 1. The van der Waals surface area contributed by atoms with Gasteiger partial charge in [-0.2, -0.15) is 0 Å². The number of rotatable bonds is 6. The minimum absolute atomic E-state index is 0.253. The first kappa shape index (κ1) is 21.9. The molecule has 0 radical (unpaired) electrons. The van der Waals surface area contributed by atoms with Gasteiger partial charge in [-0.25, -0.2) is 9.36 Å². The second kappa shape index (κ2) is 9.02. The van der Waals surface area contributed by atoms with Gasteiger partial charge in [0.1, 0.15) is 17.1 Å². The maximum absolute atomic E-state index is 13.4. The van der Waals surface area contributed by atoms with Crippen molar-refractivity contribution in [3.63, 3.8) is 0 Å². The minimum atomic E-state index is -0.602. The lowest BCUT2D eigenvalue weighted by molar-refractivity contribution is -0.116. The Morgan fingerprint density at radius 1 is 1.12 bits per heavy atom. The van der Waals surface area contributed by atoms with Crippen LogP contribution in [0.25, 0.3) is 15.9 Å². The van der Waals surface area contributed by atoms with Crippen LogP contribution in [0.15, 0.2) is 64.2 Å². The summed E-state index contributed by atoms with van der Waals surface area (Å²) in [4.78, 5) is 40.8. The quantitative estimate of drug-likeness (QED) is 0.461. The number of methoxy groups -OCH3 is 1. The molecule has 1 N–H and O–H groups in total.